The van der Waals surface area contributed by atoms with Gasteiger partial charge < -0.3 is 11.1 Å². The summed E-state index contributed by atoms with van der Waals surface area (Å²) in [5.74, 6) is 1.17. The summed E-state index contributed by atoms with van der Waals surface area (Å²) in [4.78, 5) is 11.6. The number of nitrogens with one attached hydrogen (secondary N) is 1. The third-order valence-electron chi connectivity index (χ3n) is 2.10. The van der Waals surface area contributed by atoms with Gasteiger partial charge in [0.15, 0.2) is 0 Å². The van der Waals surface area contributed by atoms with Gasteiger partial charge in [0.25, 0.3) is 0 Å². The summed E-state index contributed by atoms with van der Waals surface area (Å²) < 4.78 is 0. The molecule has 0 aliphatic heterocycles. The molecule has 0 heterocycles. The Morgan fingerprint density at radius 3 is 2.94 bits per heavy atom. The molecule has 6 heteroatoms. The molecule has 4 nitrogen and oxygen atoms in total. The Bertz CT molecular complexity index is 459. The van der Waals surface area contributed by atoms with Crippen LogP contribution in [0.5, 0.6) is 0 Å². The maximum Gasteiger partial charge on any atom is 0.234 e. The second-order valence-corrected chi connectivity index (χ2v) is 5.06. The van der Waals surface area contributed by atoms with Crippen LogP contribution in [0.25, 0.3) is 0 Å². The molecule has 0 radical (unpaired) electrons. The van der Waals surface area contributed by atoms with Gasteiger partial charge in [-0.15, -0.1) is 0 Å². The summed E-state index contributed by atoms with van der Waals surface area (Å²) in [6.45, 7) is 0.639. The van der Waals surface area contributed by atoms with E-state index in [9.17, 15) is 4.79 Å². The Kier molecular flexibility index (Phi) is 6.58. The van der Waals surface area contributed by atoms with Gasteiger partial charge in [0, 0.05) is 5.69 Å². The van der Waals surface area contributed by atoms with Gasteiger partial charge >= 0.3 is 0 Å². The molecule has 96 valence electrons. The van der Waals surface area contributed by atoms with Crippen molar-refractivity contribution in [1.29, 1.82) is 5.26 Å². The number of nitrogens with zero attached hydrogens (tertiary/aromatic N) is 1. The highest BCUT2D eigenvalue weighted by atomic mass is 35.5. The van der Waals surface area contributed by atoms with E-state index >= 15 is 0 Å². The van der Waals surface area contributed by atoms with Crippen LogP contribution >= 0.6 is 23.4 Å². The smallest absolute Gasteiger partial charge is 0.234 e. The maximum absolute atomic E-state index is 11.6. The molecule has 1 amide bonds. The van der Waals surface area contributed by atoms with Crippen LogP contribution in [0.3, 0.4) is 0 Å². The van der Waals surface area contributed by atoms with E-state index in [1.54, 1.807) is 18.2 Å². The summed E-state index contributed by atoms with van der Waals surface area (Å²) in [6.07, 6.45) is 0.903. The van der Waals surface area contributed by atoms with E-state index in [0.29, 0.717) is 28.6 Å². The van der Waals surface area contributed by atoms with Crippen LogP contribution in [0.4, 0.5) is 5.69 Å². The fourth-order valence-corrected chi connectivity index (χ4v) is 2.23. The molecular formula is C12H14ClN3OS. The van der Waals surface area contributed by atoms with Gasteiger partial charge in [-0.25, -0.2) is 0 Å². The number of halogens is 1. The number of carbonyl (C=O) groups is 1. The van der Waals surface area contributed by atoms with Gasteiger partial charge in [-0.2, -0.15) is 17.0 Å². The number of rotatable bonds is 6. The second-order valence-electron chi connectivity index (χ2n) is 3.55. The van der Waals surface area contributed by atoms with E-state index in [-0.39, 0.29) is 5.91 Å². The normalized spacial score (nSPS) is 9.83. The van der Waals surface area contributed by atoms with Gasteiger partial charge in [0.1, 0.15) is 6.07 Å². The number of amides is 1. The highest BCUT2D eigenvalue weighted by molar-refractivity contribution is 7.99. The average Bonchev–Trinajstić information content (AvgIpc) is 2.35. The lowest BCUT2D eigenvalue weighted by molar-refractivity contribution is -0.113. The van der Waals surface area contributed by atoms with Crippen molar-refractivity contribution in [3.05, 3.63) is 28.8 Å². The minimum atomic E-state index is -0.0854. The standard InChI is InChI=1S/C12H14ClN3OS/c13-11-6-10(3-2-9(11)7-15)16-12(17)8-18-5-1-4-14/h2-3,6H,1,4-5,8,14H2,(H,16,17). The largest absolute Gasteiger partial charge is 0.330 e. The Balaban J connectivity index is 2.45. The molecule has 0 unspecified atom stereocenters. The van der Waals surface area contributed by atoms with Crippen LogP contribution in [-0.4, -0.2) is 24.0 Å². The average molecular weight is 284 g/mol. The molecule has 0 saturated heterocycles. The predicted octanol–water partition coefficient (Wildman–Crippen LogP) is 2.23. The molecule has 0 aliphatic rings. The van der Waals surface area contributed by atoms with E-state index in [0.717, 1.165) is 12.2 Å². The van der Waals surface area contributed by atoms with Crippen molar-refractivity contribution in [1.82, 2.24) is 0 Å². The molecular weight excluding hydrogens is 270 g/mol. The number of anilines is 1. The summed E-state index contributed by atoms with van der Waals surface area (Å²) in [5, 5.41) is 11.8. The molecule has 0 fully saturated rings. The van der Waals surface area contributed by atoms with E-state index < -0.39 is 0 Å². The first-order valence-electron chi connectivity index (χ1n) is 5.44. The van der Waals surface area contributed by atoms with Crippen LogP contribution in [0.15, 0.2) is 18.2 Å². The molecule has 1 rings (SSSR count). The van der Waals surface area contributed by atoms with Gasteiger partial charge in [-0.3, -0.25) is 4.79 Å². The van der Waals surface area contributed by atoms with Crippen molar-refractivity contribution < 1.29 is 4.79 Å². The summed E-state index contributed by atoms with van der Waals surface area (Å²) >= 11 is 7.41. The van der Waals surface area contributed by atoms with Crippen molar-refractivity contribution in [2.24, 2.45) is 5.73 Å². The first-order chi connectivity index (χ1) is 8.67. The van der Waals surface area contributed by atoms with E-state index in [4.69, 9.17) is 22.6 Å². The highest BCUT2D eigenvalue weighted by Gasteiger charge is 2.05. The minimum Gasteiger partial charge on any atom is -0.330 e. The monoisotopic (exact) mass is 283 g/mol. The Morgan fingerprint density at radius 2 is 2.33 bits per heavy atom. The van der Waals surface area contributed by atoms with Gasteiger partial charge in [-0.05, 0) is 36.9 Å². The molecule has 0 saturated carbocycles. The fourth-order valence-electron chi connectivity index (χ4n) is 1.23. The number of nitrogens with two attached hydrogens (primary N) is 1. The Labute approximate surface area is 115 Å². The topological polar surface area (TPSA) is 78.9 Å². The van der Waals surface area contributed by atoms with Gasteiger partial charge in [-0.1, -0.05) is 11.6 Å². The minimum absolute atomic E-state index is 0.0854. The van der Waals surface area contributed by atoms with Crippen molar-refractivity contribution >= 4 is 35.0 Å². The van der Waals surface area contributed by atoms with Crippen LogP contribution in [-0.2, 0) is 4.79 Å². The van der Waals surface area contributed by atoms with Crippen LogP contribution in [0, 0.1) is 11.3 Å². The molecule has 1 aromatic carbocycles. The number of nitriles is 1. The summed E-state index contributed by atoms with van der Waals surface area (Å²) in [7, 11) is 0. The van der Waals surface area contributed by atoms with Crippen LogP contribution < -0.4 is 11.1 Å². The Hall–Kier alpha value is -1.22. The van der Waals surface area contributed by atoms with E-state index in [1.807, 2.05) is 6.07 Å². The lowest BCUT2D eigenvalue weighted by atomic mass is 10.2. The highest BCUT2D eigenvalue weighted by Crippen LogP contribution is 2.20. The second kappa shape index (κ2) is 7.98. The zero-order chi connectivity index (χ0) is 13.4. The first kappa shape index (κ1) is 14.8. The SMILES string of the molecule is N#Cc1ccc(NC(=O)CSCCCN)cc1Cl. The molecule has 0 aliphatic carbocycles. The summed E-state index contributed by atoms with van der Waals surface area (Å²) in [6, 6.07) is 6.78. The number of thioether (sulfide) groups is 1. The quantitative estimate of drug-likeness (QED) is 0.785. The fraction of sp³-hybridized carbons (Fsp3) is 0.333. The first-order valence-corrected chi connectivity index (χ1v) is 6.98. The third kappa shape index (κ3) is 4.96. The van der Waals surface area contributed by atoms with Crippen molar-refractivity contribution in [3.63, 3.8) is 0 Å². The molecule has 0 aromatic heterocycles. The van der Waals surface area contributed by atoms with Crippen molar-refractivity contribution in [2.75, 3.05) is 23.4 Å². The maximum atomic E-state index is 11.6. The van der Waals surface area contributed by atoms with Crippen molar-refractivity contribution in [3.8, 4) is 6.07 Å². The zero-order valence-corrected chi connectivity index (χ0v) is 11.4. The molecule has 18 heavy (non-hydrogen) atoms. The third-order valence-corrected chi connectivity index (χ3v) is 3.46. The van der Waals surface area contributed by atoms with E-state index in [1.165, 1.54) is 11.8 Å². The van der Waals surface area contributed by atoms with E-state index in [2.05, 4.69) is 5.32 Å². The number of hydrogen-bond donors (Lipinski definition) is 2. The molecule has 0 bridgehead atoms. The van der Waals surface area contributed by atoms with Gasteiger partial charge in [0.2, 0.25) is 5.91 Å². The lowest BCUT2D eigenvalue weighted by Gasteiger charge is -2.06. The molecule has 0 atom stereocenters. The van der Waals surface area contributed by atoms with Crippen LogP contribution in [0.1, 0.15) is 12.0 Å². The predicted molar refractivity (Wildman–Crippen MR) is 75.8 cm³/mol. The molecule has 3 N–H and O–H groups in total. The van der Waals surface area contributed by atoms with Crippen molar-refractivity contribution in [2.45, 2.75) is 6.42 Å². The molecule has 0 spiro atoms. The zero-order valence-electron chi connectivity index (χ0n) is 9.78. The van der Waals surface area contributed by atoms with Crippen LogP contribution in [0.2, 0.25) is 5.02 Å². The summed E-state index contributed by atoms with van der Waals surface area (Å²) in [5.41, 5.74) is 6.35. The van der Waals surface area contributed by atoms with Gasteiger partial charge in [0.05, 0.1) is 16.3 Å². The molecule has 1 aromatic rings. The Morgan fingerprint density at radius 1 is 1.56 bits per heavy atom. The number of benzene rings is 1. The number of hydrogen-bond acceptors (Lipinski definition) is 4. The lowest BCUT2D eigenvalue weighted by Crippen LogP contribution is -2.14. The number of carbonyl (C=O) groups excluding carboxylic acids is 1.